The normalized spacial score (nSPS) is 12.2. The van der Waals surface area contributed by atoms with Gasteiger partial charge in [0.05, 0.1) is 11.9 Å². The summed E-state index contributed by atoms with van der Waals surface area (Å²) in [6.45, 7) is 7.82. The summed E-state index contributed by atoms with van der Waals surface area (Å²) in [6.07, 6.45) is 2.87. The maximum atomic E-state index is 13.5. The molecule has 1 unspecified atom stereocenters. The van der Waals surface area contributed by atoms with Gasteiger partial charge >= 0.3 is 0 Å². The van der Waals surface area contributed by atoms with Crippen molar-refractivity contribution in [3.05, 3.63) is 65.2 Å². The number of anilines is 1. The van der Waals surface area contributed by atoms with Crippen LogP contribution in [0.1, 0.15) is 43.4 Å². The SMILES string of the molecule is CCCCNC(=O)C(C)N(Cc1cccc(C)c1)C(=O)CN(c1ccccc1C)S(C)(=O)=O. The zero-order valence-electron chi connectivity index (χ0n) is 20.2. The van der Waals surface area contributed by atoms with Crippen molar-refractivity contribution in [2.45, 2.75) is 53.1 Å². The molecule has 180 valence electrons. The molecule has 1 atom stereocenters. The Kier molecular flexibility index (Phi) is 9.46. The summed E-state index contributed by atoms with van der Waals surface area (Å²) in [6, 6.07) is 14.0. The molecule has 0 heterocycles. The number of nitrogens with one attached hydrogen (secondary N) is 1. The number of rotatable bonds is 11. The third kappa shape index (κ3) is 7.60. The number of carbonyl (C=O) groups excluding carboxylic acids is 2. The van der Waals surface area contributed by atoms with Crippen LogP contribution in [-0.2, 0) is 26.2 Å². The minimum absolute atomic E-state index is 0.203. The highest BCUT2D eigenvalue weighted by Crippen LogP contribution is 2.23. The predicted octanol–water partition coefficient (Wildman–Crippen LogP) is 3.40. The number of hydrogen-bond donors (Lipinski definition) is 1. The van der Waals surface area contributed by atoms with Crippen LogP contribution in [0.4, 0.5) is 5.69 Å². The predicted molar refractivity (Wildman–Crippen MR) is 132 cm³/mol. The van der Waals surface area contributed by atoms with E-state index in [-0.39, 0.29) is 19.0 Å². The Morgan fingerprint density at radius 3 is 2.36 bits per heavy atom. The molecule has 0 bridgehead atoms. The molecule has 33 heavy (non-hydrogen) atoms. The molecule has 0 fully saturated rings. The van der Waals surface area contributed by atoms with E-state index in [2.05, 4.69) is 5.32 Å². The lowest BCUT2D eigenvalue weighted by atomic mass is 10.1. The van der Waals surface area contributed by atoms with Crippen molar-refractivity contribution < 1.29 is 18.0 Å². The zero-order valence-corrected chi connectivity index (χ0v) is 21.0. The van der Waals surface area contributed by atoms with E-state index in [1.54, 1.807) is 32.0 Å². The van der Waals surface area contributed by atoms with Gasteiger partial charge in [-0.05, 0) is 44.4 Å². The molecule has 7 nitrogen and oxygen atoms in total. The van der Waals surface area contributed by atoms with Crippen LogP contribution < -0.4 is 9.62 Å². The Morgan fingerprint density at radius 2 is 1.76 bits per heavy atom. The molecule has 2 rings (SSSR count). The first kappa shape index (κ1) is 26.4. The van der Waals surface area contributed by atoms with Crippen molar-refractivity contribution in [1.29, 1.82) is 0 Å². The molecular formula is C25H35N3O4S. The lowest BCUT2D eigenvalue weighted by Crippen LogP contribution is -2.51. The Balaban J connectivity index is 2.36. The highest BCUT2D eigenvalue weighted by Gasteiger charge is 2.30. The van der Waals surface area contributed by atoms with Gasteiger partial charge in [-0.15, -0.1) is 0 Å². The number of hydrogen-bond acceptors (Lipinski definition) is 4. The van der Waals surface area contributed by atoms with Crippen LogP contribution in [0.3, 0.4) is 0 Å². The molecule has 0 aliphatic rings. The van der Waals surface area contributed by atoms with E-state index in [0.717, 1.165) is 40.1 Å². The van der Waals surface area contributed by atoms with Gasteiger partial charge in [-0.3, -0.25) is 13.9 Å². The highest BCUT2D eigenvalue weighted by atomic mass is 32.2. The molecule has 2 aromatic carbocycles. The molecule has 0 aliphatic carbocycles. The number of nitrogens with zero attached hydrogens (tertiary/aromatic N) is 2. The van der Waals surface area contributed by atoms with Crippen LogP contribution in [0.2, 0.25) is 0 Å². The highest BCUT2D eigenvalue weighted by molar-refractivity contribution is 7.92. The van der Waals surface area contributed by atoms with Gasteiger partial charge in [0.25, 0.3) is 0 Å². The van der Waals surface area contributed by atoms with Gasteiger partial charge in [-0.2, -0.15) is 0 Å². The Labute approximate surface area is 197 Å². The first-order chi connectivity index (χ1) is 15.5. The number of sulfonamides is 1. The first-order valence-corrected chi connectivity index (χ1v) is 13.1. The van der Waals surface area contributed by atoms with Gasteiger partial charge in [0, 0.05) is 13.1 Å². The number of amides is 2. The maximum Gasteiger partial charge on any atom is 0.244 e. The number of para-hydroxylation sites is 1. The number of benzene rings is 2. The van der Waals surface area contributed by atoms with Crippen LogP contribution in [0, 0.1) is 13.8 Å². The second kappa shape index (κ2) is 11.8. The first-order valence-electron chi connectivity index (χ1n) is 11.2. The molecule has 1 N–H and O–H groups in total. The van der Waals surface area contributed by atoms with E-state index < -0.39 is 22.0 Å². The quantitative estimate of drug-likeness (QED) is 0.507. The third-order valence-corrected chi connectivity index (χ3v) is 6.62. The zero-order chi connectivity index (χ0) is 24.6. The van der Waals surface area contributed by atoms with Crippen LogP contribution in [0.15, 0.2) is 48.5 Å². The molecule has 8 heteroatoms. The van der Waals surface area contributed by atoms with Crippen LogP contribution in [0.5, 0.6) is 0 Å². The number of carbonyl (C=O) groups is 2. The Bertz CT molecular complexity index is 1070. The van der Waals surface area contributed by atoms with Crippen LogP contribution in [-0.4, -0.2) is 50.5 Å². The standard InChI is InChI=1S/C25H35N3O4S/c1-6-7-15-26-25(30)21(4)27(17-22-13-10-11-19(2)16-22)24(29)18-28(33(5,31)32)23-14-9-8-12-20(23)3/h8-14,16,21H,6-7,15,17-18H2,1-5H3,(H,26,30). The monoisotopic (exact) mass is 473 g/mol. The number of unbranched alkanes of at least 4 members (excludes halogenated alkanes) is 1. The minimum atomic E-state index is -3.73. The smallest absolute Gasteiger partial charge is 0.244 e. The van der Waals surface area contributed by atoms with Gasteiger partial charge in [0.2, 0.25) is 21.8 Å². The van der Waals surface area contributed by atoms with Gasteiger partial charge < -0.3 is 10.2 Å². The molecule has 0 radical (unpaired) electrons. The maximum absolute atomic E-state index is 13.5. The summed E-state index contributed by atoms with van der Waals surface area (Å²) in [5, 5.41) is 2.88. The van der Waals surface area contributed by atoms with Gasteiger partial charge in [-0.25, -0.2) is 8.42 Å². The average Bonchev–Trinajstić information content (AvgIpc) is 2.75. The topological polar surface area (TPSA) is 86.8 Å². The van der Waals surface area contributed by atoms with Crippen molar-refractivity contribution in [2.75, 3.05) is 23.7 Å². The Hall–Kier alpha value is -2.87. The summed E-state index contributed by atoms with van der Waals surface area (Å²) in [4.78, 5) is 27.7. The van der Waals surface area contributed by atoms with E-state index in [9.17, 15) is 18.0 Å². The minimum Gasteiger partial charge on any atom is -0.354 e. The van der Waals surface area contributed by atoms with E-state index in [0.29, 0.717) is 12.2 Å². The van der Waals surface area contributed by atoms with Crippen LogP contribution in [0.25, 0.3) is 0 Å². The van der Waals surface area contributed by atoms with E-state index in [1.165, 1.54) is 4.90 Å². The van der Waals surface area contributed by atoms with Crippen molar-refractivity contribution in [1.82, 2.24) is 10.2 Å². The lowest BCUT2D eigenvalue weighted by Gasteiger charge is -2.32. The van der Waals surface area contributed by atoms with Crippen molar-refractivity contribution in [3.63, 3.8) is 0 Å². The third-order valence-electron chi connectivity index (χ3n) is 5.50. The van der Waals surface area contributed by atoms with Gasteiger partial charge in [-0.1, -0.05) is 61.4 Å². The molecular weight excluding hydrogens is 438 g/mol. The van der Waals surface area contributed by atoms with E-state index in [4.69, 9.17) is 0 Å². The van der Waals surface area contributed by atoms with E-state index in [1.807, 2.05) is 44.2 Å². The van der Waals surface area contributed by atoms with Crippen molar-refractivity contribution in [3.8, 4) is 0 Å². The number of aryl methyl sites for hydroxylation is 2. The summed E-state index contributed by atoms with van der Waals surface area (Å²) < 4.78 is 26.3. The molecule has 0 saturated heterocycles. The molecule has 0 saturated carbocycles. The largest absolute Gasteiger partial charge is 0.354 e. The lowest BCUT2D eigenvalue weighted by molar-refractivity contribution is -0.139. The van der Waals surface area contributed by atoms with Crippen LogP contribution >= 0.6 is 0 Å². The molecule has 0 aromatic heterocycles. The van der Waals surface area contributed by atoms with Gasteiger partial charge in [0.15, 0.2) is 0 Å². The molecule has 2 amide bonds. The fraction of sp³-hybridized carbons (Fsp3) is 0.440. The summed E-state index contributed by atoms with van der Waals surface area (Å²) >= 11 is 0. The summed E-state index contributed by atoms with van der Waals surface area (Å²) in [7, 11) is -3.73. The second-order valence-corrected chi connectivity index (χ2v) is 10.3. The molecule has 2 aromatic rings. The van der Waals surface area contributed by atoms with Gasteiger partial charge in [0.1, 0.15) is 12.6 Å². The molecule has 0 spiro atoms. The summed E-state index contributed by atoms with van der Waals surface area (Å²) in [5.41, 5.74) is 3.10. The van der Waals surface area contributed by atoms with Crippen molar-refractivity contribution in [2.24, 2.45) is 0 Å². The van der Waals surface area contributed by atoms with E-state index >= 15 is 0 Å². The second-order valence-electron chi connectivity index (χ2n) is 8.39. The summed E-state index contributed by atoms with van der Waals surface area (Å²) in [5.74, 6) is -0.699. The molecule has 0 aliphatic heterocycles. The Morgan fingerprint density at radius 1 is 1.06 bits per heavy atom. The fourth-order valence-electron chi connectivity index (χ4n) is 3.56. The average molecular weight is 474 g/mol. The van der Waals surface area contributed by atoms with Crippen molar-refractivity contribution >= 4 is 27.5 Å². The fourth-order valence-corrected chi connectivity index (χ4v) is 4.47.